The number of imide groups is 2. The number of carbonyl (C=O) groups excluding carboxylic acids is 3. The number of anilines is 1. The molecule has 2 aromatic rings. The maximum absolute atomic E-state index is 12.7. The maximum Gasteiger partial charge on any atom is 0.335 e. The third-order valence-corrected chi connectivity index (χ3v) is 4.21. The van der Waals surface area contributed by atoms with Crippen molar-refractivity contribution in [3.05, 3.63) is 69.2 Å². The number of urea groups is 1. The highest BCUT2D eigenvalue weighted by atomic mass is 79.9. The summed E-state index contributed by atoms with van der Waals surface area (Å²) in [7, 11) is 0. The predicted molar refractivity (Wildman–Crippen MR) is 94.6 cm³/mol. The smallest absolute Gasteiger partial charge is 0.273 e. The van der Waals surface area contributed by atoms with Gasteiger partial charge in [0.05, 0.1) is 5.69 Å². The van der Waals surface area contributed by atoms with Crippen LogP contribution in [0.15, 0.2) is 58.6 Å². The lowest BCUT2D eigenvalue weighted by Gasteiger charge is -2.26. The Morgan fingerprint density at radius 1 is 1.04 bits per heavy atom. The van der Waals surface area contributed by atoms with Crippen molar-refractivity contribution in [3.63, 3.8) is 0 Å². The Bertz CT molecular complexity index is 895. The summed E-state index contributed by atoms with van der Waals surface area (Å²) < 4.78 is 0.703. The van der Waals surface area contributed by atoms with Crippen LogP contribution in [-0.2, 0) is 9.59 Å². The number of nitrogens with zero attached hydrogens (tertiary/aromatic N) is 1. The lowest BCUT2D eigenvalue weighted by atomic mass is 10.1. The van der Waals surface area contributed by atoms with Gasteiger partial charge < -0.3 is 0 Å². The first-order valence-electron chi connectivity index (χ1n) is 6.89. The predicted octanol–water partition coefficient (Wildman–Crippen LogP) is 3.77. The summed E-state index contributed by atoms with van der Waals surface area (Å²) in [5.41, 5.74) is 0.702. The first kappa shape index (κ1) is 16.4. The molecule has 24 heavy (non-hydrogen) atoms. The fraction of sp³-hybridized carbons (Fsp3) is 0. The zero-order chi connectivity index (χ0) is 17.3. The molecule has 4 amide bonds. The van der Waals surface area contributed by atoms with Gasteiger partial charge in [-0.15, -0.1) is 0 Å². The fourth-order valence-electron chi connectivity index (χ4n) is 2.25. The summed E-state index contributed by atoms with van der Waals surface area (Å²) in [5, 5.41) is 2.57. The van der Waals surface area contributed by atoms with E-state index in [0.717, 1.165) is 4.90 Å². The Kier molecular flexibility index (Phi) is 4.51. The van der Waals surface area contributed by atoms with E-state index in [2.05, 4.69) is 21.2 Å². The van der Waals surface area contributed by atoms with Gasteiger partial charge in [-0.25, -0.2) is 9.69 Å². The Morgan fingerprint density at radius 2 is 1.79 bits per heavy atom. The number of nitrogens with one attached hydrogen (secondary N) is 1. The van der Waals surface area contributed by atoms with Crippen LogP contribution in [0.1, 0.15) is 5.56 Å². The number of halogens is 2. The third-order valence-electron chi connectivity index (χ3n) is 3.37. The summed E-state index contributed by atoms with van der Waals surface area (Å²) in [6.07, 6.45) is 1.37. The van der Waals surface area contributed by atoms with Gasteiger partial charge in [0.15, 0.2) is 0 Å². The van der Waals surface area contributed by atoms with Crippen molar-refractivity contribution >= 4 is 57.1 Å². The molecule has 1 fully saturated rings. The molecular weight excluding hydrogens is 396 g/mol. The Balaban J connectivity index is 2.05. The summed E-state index contributed by atoms with van der Waals surface area (Å²) >= 11 is 9.36. The lowest BCUT2D eigenvalue weighted by molar-refractivity contribution is -0.122. The number of benzene rings is 2. The molecule has 1 aliphatic heterocycles. The average Bonchev–Trinajstić information content (AvgIpc) is 2.53. The molecule has 0 unspecified atom stereocenters. The fourth-order valence-corrected chi connectivity index (χ4v) is 2.83. The van der Waals surface area contributed by atoms with Gasteiger partial charge in [0, 0.05) is 9.50 Å². The molecule has 1 saturated heterocycles. The quantitative estimate of drug-likeness (QED) is 0.611. The first-order chi connectivity index (χ1) is 11.5. The number of carbonyl (C=O) groups is 3. The molecule has 0 spiro atoms. The van der Waals surface area contributed by atoms with E-state index in [9.17, 15) is 14.4 Å². The van der Waals surface area contributed by atoms with Crippen molar-refractivity contribution in [3.8, 4) is 0 Å². The van der Waals surface area contributed by atoms with Crippen molar-refractivity contribution < 1.29 is 14.4 Å². The molecular formula is C17H10BrClN2O3. The molecule has 0 bridgehead atoms. The average molecular weight is 406 g/mol. The van der Waals surface area contributed by atoms with Gasteiger partial charge in [0.25, 0.3) is 11.8 Å². The monoisotopic (exact) mass is 404 g/mol. The van der Waals surface area contributed by atoms with Gasteiger partial charge in [-0.05, 0) is 35.9 Å². The van der Waals surface area contributed by atoms with Crippen molar-refractivity contribution in [1.82, 2.24) is 5.32 Å². The first-order valence-corrected chi connectivity index (χ1v) is 8.06. The maximum atomic E-state index is 12.7. The van der Waals surface area contributed by atoms with Crippen molar-refractivity contribution in [2.45, 2.75) is 0 Å². The van der Waals surface area contributed by atoms with Crippen LogP contribution in [0, 0.1) is 0 Å². The molecule has 0 aliphatic carbocycles. The van der Waals surface area contributed by atoms with Gasteiger partial charge in [-0.2, -0.15) is 0 Å². The van der Waals surface area contributed by atoms with Crippen LogP contribution in [0.2, 0.25) is 5.02 Å². The highest BCUT2D eigenvalue weighted by molar-refractivity contribution is 9.10. The lowest BCUT2D eigenvalue weighted by Crippen LogP contribution is -2.54. The van der Waals surface area contributed by atoms with Crippen molar-refractivity contribution in [1.29, 1.82) is 0 Å². The second-order valence-corrected chi connectivity index (χ2v) is 6.28. The van der Waals surface area contributed by atoms with E-state index in [1.165, 1.54) is 6.08 Å². The zero-order valence-corrected chi connectivity index (χ0v) is 14.5. The van der Waals surface area contributed by atoms with E-state index < -0.39 is 17.8 Å². The van der Waals surface area contributed by atoms with E-state index in [1.807, 2.05) is 0 Å². The number of rotatable bonds is 2. The molecule has 3 rings (SSSR count). The number of hydrogen-bond donors (Lipinski definition) is 1. The highest BCUT2D eigenvalue weighted by Crippen LogP contribution is 2.26. The summed E-state index contributed by atoms with van der Waals surface area (Å²) in [6.45, 7) is 0. The molecule has 5 nitrogen and oxygen atoms in total. The SMILES string of the molecule is O=C1NC(=O)N(c2cccc(Br)c2)C(=O)/C1=C\c1ccccc1Cl. The summed E-state index contributed by atoms with van der Waals surface area (Å²) in [5.74, 6) is -1.46. The van der Waals surface area contributed by atoms with Crippen LogP contribution in [0.4, 0.5) is 10.5 Å². The van der Waals surface area contributed by atoms with Crippen LogP contribution in [0.3, 0.4) is 0 Å². The zero-order valence-electron chi connectivity index (χ0n) is 12.1. The minimum atomic E-state index is -0.792. The molecule has 1 heterocycles. The molecule has 1 N–H and O–H groups in total. The topological polar surface area (TPSA) is 66.5 Å². The van der Waals surface area contributed by atoms with Crippen LogP contribution >= 0.6 is 27.5 Å². The molecule has 2 aromatic carbocycles. The van der Waals surface area contributed by atoms with Gasteiger partial charge in [-0.3, -0.25) is 14.9 Å². The van der Waals surface area contributed by atoms with E-state index >= 15 is 0 Å². The third kappa shape index (κ3) is 3.11. The largest absolute Gasteiger partial charge is 0.335 e. The minimum Gasteiger partial charge on any atom is -0.273 e. The van der Waals surface area contributed by atoms with Crippen LogP contribution < -0.4 is 10.2 Å². The minimum absolute atomic E-state index is 0.164. The van der Waals surface area contributed by atoms with E-state index in [0.29, 0.717) is 20.7 Å². The second-order valence-electron chi connectivity index (χ2n) is 4.96. The molecule has 0 saturated carbocycles. The van der Waals surface area contributed by atoms with Crippen LogP contribution in [0.5, 0.6) is 0 Å². The highest BCUT2D eigenvalue weighted by Gasteiger charge is 2.36. The number of hydrogen-bond acceptors (Lipinski definition) is 3. The van der Waals surface area contributed by atoms with Crippen LogP contribution in [0.25, 0.3) is 6.08 Å². The standard InChI is InChI=1S/C17H10BrClN2O3/c18-11-5-3-6-12(9-11)21-16(23)13(15(22)20-17(21)24)8-10-4-1-2-7-14(10)19/h1-9H,(H,20,22,24)/b13-8-. The van der Waals surface area contributed by atoms with Gasteiger partial charge in [0.2, 0.25) is 0 Å². The van der Waals surface area contributed by atoms with Crippen molar-refractivity contribution in [2.24, 2.45) is 0 Å². The number of amides is 4. The molecule has 1 aliphatic rings. The van der Waals surface area contributed by atoms with Crippen LogP contribution in [-0.4, -0.2) is 17.8 Å². The Morgan fingerprint density at radius 3 is 2.50 bits per heavy atom. The molecule has 0 atom stereocenters. The van der Waals surface area contributed by atoms with Gasteiger partial charge in [-0.1, -0.05) is 51.8 Å². The summed E-state index contributed by atoms with van der Waals surface area (Å²) in [4.78, 5) is 37.8. The molecule has 7 heteroatoms. The van der Waals surface area contributed by atoms with E-state index in [1.54, 1.807) is 48.5 Å². The number of barbiturate groups is 1. The normalized spacial score (nSPS) is 16.5. The summed E-state index contributed by atoms with van der Waals surface area (Å²) in [6, 6.07) is 12.7. The molecule has 0 aromatic heterocycles. The van der Waals surface area contributed by atoms with E-state index in [-0.39, 0.29) is 5.57 Å². The Labute approximate surface area is 151 Å². The van der Waals surface area contributed by atoms with Gasteiger partial charge >= 0.3 is 6.03 Å². The molecule has 0 radical (unpaired) electrons. The van der Waals surface area contributed by atoms with Gasteiger partial charge in [0.1, 0.15) is 5.57 Å². The van der Waals surface area contributed by atoms with E-state index in [4.69, 9.17) is 11.6 Å². The molecule has 120 valence electrons. The second kappa shape index (κ2) is 6.59. The van der Waals surface area contributed by atoms with Crippen molar-refractivity contribution in [2.75, 3.05) is 4.90 Å². The Hall–Kier alpha value is -2.44.